The third-order valence-corrected chi connectivity index (χ3v) is 11.2. The van der Waals surface area contributed by atoms with E-state index in [0.717, 1.165) is 39.0 Å². The quantitative estimate of drug-likeness (QED) is 0.201. The zero-order valence-corrected chi connectivity index (χ0v) is 25.1. The van der Waals surface area contributed by atoms with Gasteiger partial charge in [0.1, 0.15) is 11.2 Å². The summed E-state index contributed by atoms with van der Waals surface area (Å²) in [7, 11) is 0. The van der Waals surface area contributed by atoms with Crippen LogP contribution in [0.2, 0.25) is 0 Å². The zero-order chi connectivity index (χ0) is 28.8. The largest absolute Gasteiger partial charge is 0.456 e. The van der Waals surface area contributed by atoms with Gasteiger partial charge < -0.3 is 9.32 Å². The second-order valence-corrected chi connectivity index (χ2v) is 13.4. The molecule has 0 aliphatic heterocycles. The predicted octanol–water partition coefficient (Wildman–Crippen LogP) is 12.9. The van der Waals surface area contributed by atoms with Gasteiger partial charge in [-0.3, -0.25) is 0 Å². The second kappa shape index (κ2) is 9.17. The van der Waals surface area contributed by atoms with Gasteiger partial charge in [0.15, 0.2) is 0 Å². The van der Waals surface area contributed by atoms with Gasteiger partial charge in [-0.2, -0.15) is 0 Å². The average molecular weight is 598 g/mol. The topological polar surface area (TPSA) is 16.4 Å². The Morgan fingerprint density at radius 3 is 2.02 bits per heavy atom. The molecule has 0 atom stereocenters. The third-order valence-electron chi connectivity index (χ3n) is 8.84. The first-order valence-electron chi connectivity index (χ1n) is 14.8. The highest BCUT2D eigenvalue weighted by molar-refractivity contribution is 7.30. The van der Waals surface area contributed by atoms with Crippen molar-refractivity contribution in [2.45, 2.75) is 0 Å². The maximum atomic E-state index is 6.31. The van der Waals surface area contributed by atoms with Gasteiger partial charge >= 0.3 is 0 Å². The lowest BCUT2D eigenvalue weighted by Gasteiger charge is -2.25. The van der Waals surface area contributed by atoms with Crippen molar-refractivity contribution in [1.29, 1.82) is 0 Å². The summed E-state index contributed by atoms with van der Waals surface area (Å²) in [5.74, 6) is 0. The number of rotatable bonds is 3. The highest BCUT2D eigenvalue weighted by Gasteiger charge is 2.19. The van der Waals surface area contributed by atoms with Crippen molar-refractivity contribution in [3.8, 4) is 0 Å². The molecule has 0 aliphatic carbocycles. The monoisotopic (exact) mass is 597 g/mol. The summed E-state index contributed by atoms with van der Waals surface area (Å²) < 4.78 is 11.7. The van der Waals surface area contributed by atoms with E-state index in [2.05, 4.69) is 132 Å². The molecule has 0 aliphatic rings. The number of furan rings is 1. The molecule has 0 N–H and O–H groups in total. The van der Waals surface area contributed by atoms with Crippen LogP contribution in [0.25, 0.3) is 73.1 Å². The van der Waals surface area contributed by atoms with Crippen molar-refractivity contribution in [3.05, 3.63) is 140 Å². The molecule has 0 amide bonds. The average Bonchev–Trinajstić information content (AvgIpc) is 3.76. The Balaban J connectivity index is 1.23. The van der Waals surface area contributed by atoms with E-state index in [-0.39, 0.29) is 0 Å². The molecule has 44 heavy (non-hydrogen) atoms. The van der Waals surface area contributed by atoms with E-state index >= 15 is 0 Å². The summed E-state index contributed by atoms with van der Waals surface area (Å²) in [6.07, 6.45) is 0. The van der Waals surface area contributed by atoms with Gasteiger partial charge in [0.2, 0.25) is 0 Å². The van der Waals surface area contributed by atoms with Crippen molar-refractivity contribution >= 4 is 113 Å². The normalized spacial score (nSPS) is 12.1. The molecule has 0 spiro atoms. The molecular formula is C40H23NOS2. The zero-order valence-electron chi connectivity index (χ0n) is 23.5. The lowest BCUT2D eigenvalue weighted by atomic mass is 10.0. The first-order valence-corrected chi connectivity index (χ1v) is 16.4. The summed E-state index contributed by atoms with van der Waals surface area (Å²) in [5.41, 5.74) is 5.12. The van der Waals surface area contributed by atoms with Crippen LogP contribution in [-0.4, -0.2) is 0 Å². The number of benzene rings is 7. The lowest BCUT2D eigenvalue weighted by molar-refractivity contribution is 0.669. The van der Waals surface area contributed by atoms with Crippen LogP contribution in [0, 0.1) is 0 Å². The Morgan fingerprint density at radius 1 is 0.409 bits per heavy atom. The van der Waals surface area contributed by atoms with Crippen LogP contribution in [0.15, 0.2) is 144 Å². The molecular weight excluding hydrogens is 575 g/mol. The molecule has 0 radical (unpaired) electrons. The van der Waals surface area contributed by atoms with Crippen LogP contribution in [-0.2, 0) is 0 Å². The molecule has 0 fully saturated rings. The fourth-order valence-electron chi connectivity index (χ4n) is 6.83. The first kappa shape index (κ1) is 24.3. The summed E-state index contributed by atoms with van der Waals surface area (Å²) >= 11 is 3.81. The van der Waals surface area contributed by atoms with Crippen molar-refractivity contribution in [1.82, 2.24) is 0 Å². The maximum absolute atomic E-state index is 6.31. The molecule has 206 valence electrons. The number of fused-ring (bicyclic) bond motifs is 12. The van der Waals surface area contributed by atoms with Crippen molar-refractivity contribution in [2.75, 3.05) is 4.90 Å². The van der Waals surface area contributed by atoms with E-state index in [1.54, 1.807) is 0 Å². The van der Waals surface area contributed by atoms with E-state index in [4.69, 9.17) is 4.42 Å². The number of thiophene rings is 2. The van der Waals surface area contributed by atoms with E-state index in [1.165, 1.54) is 51.1 Å². The van der Waals surface area contributed by atoms with Gasteiger partial charge in [0, 0.05) is 74.2 Å². The molecule has 3 aromatic heterocycles. The van der Waals surface area contributed by atoms with E-state index in [0.29, 0.717) is 0 Å². The SMILES string of the molecule is c1ccc(N(c2ccc3c(c2)oc2ccccc23)c2ccc3sc4ccc5c6ccc7ccccc7c6sc5c4c3c2)cc1. The molecule has 4 heteroatoms. The molecule has 10 rings (SSSR count). The smallest absolute Gasteiger partial charge is 0.137 e. The Kier molecular flexibility index (Phi) is 5.06. The first-order chi connectivity index (χ1) is 21.8. The standard InChI is InChI=1S/C40H23NOS2/c1-2-9-25(10-3-1)41(27-15-18-30-29-12-6-7-13-34(29)42-35(30)23-27)26-16-20-36-33(22-26)38-37(43-36)21-19-32-31-17-14-24-8-4-5-11-28(24)39(31)44-40(32)38/h1-23H. The Bertz CT molecular complexity index is 2730. The van der Waals surface area contributed by atoms with Gasteiger partial charge in [-0.1, -0.05) is 78.9 Å². The molecule has 0 saturated heterocycles. The maximum Gasteiger partial charge on any atom is 0.137 e. The van der Waals surface area contributed by atoms with E-state index in [9.17, 15) is 0 Å². The fraction of sp³-hybridized carbons (Fsp3) is 0. The minimum absolute atomic E-state index is 0.894. The Hall–Kier alpha value is -5.16. The molecule has 3 heterocycles. The lowest BCUT2D eigenvalue weighted by Crippen LogP contribution is -2.09. The minimum atomic E-state index is 0.894. The highest BCUT2D eigenvalue weighted by Crippen LogP contribution is 2.48. The molecule has 2 nitrogen and oxygen atoms in total. The Labute approximate surface area is 260 Å². The van der Waals surface area contributed by atoms with Gasteiger partial charge in [-0.25, -0.2) is 0 Å². The third kappa shape index (κ3) is 3.47. The molecule has 10 aromatic rings. The number of anilines is 3. The molecule has 7 aromatic carbocycles. The van der Waals surface area contributed by atoms with Crippen LogP contribution in [0.3, 0.4) is 0 Å². The van der Waals surface area contributed by atoms with Crippen molar-refractivity contribution in [2.24, 2.45) is 0 Å². The summed E-state index contributed by atoms with van der Waals surface area (Å²) in [5, 5.41) is 10.2. The number of nitrogens with zero attached hydrogens (tertiary/aromatic N) is 1. The minimum Gasteiger partial charge on any atom is -0.456 e. The van der Waals surface area contributed by atoms with Crippen molar-refractivity contribution in [3.63, 3.8) is 0 Å². The molecule has 0 unspecified atom stereocenters. The summed E-state index contributed by atoms with van der Waals surface area (Å²) in [6.45, 7) is 0. The highest BCUT2D eigenvalue weighted by atomic mass is 32.1. The van der Waals surface area contributed by atoms with Crippen molar-refractivity contribution < 1.29 is 4.42 Å². The molecule has 0 saturated carbocycles. The predicted molar refractivity (Wildman–Crippen MR) is 192 cm³/mol. The number of hydrogen-bond acceptors (Lipinski definition) is 4. The van der Waals surface area contributed by atoms with Crippen LogP contribution in [0.5, 0.6) is 0 Å². The van der Waals surface area contributed by atoms with Gasteiger partial charge in [-0.15, -0.1) is 22.7 Å². The van der Waals surface area contributed by atoms with E-state index < -0.39 is 0 Å². The van der Waals surface area contributed by atoms with Crippen LogP contribution in [0.4, 0.5) is 17.1 Å². The summed E-state index contributed by atoms with van der Waals surface area (Å²) in [6, 6.07) is 50.3. The number of hydrogen-bond donors (Lipinski definition) is 0. The Morgan fingerprint density at radius 2 is 1.09 bits per heavy atom. The number of para-hydroxylation sites is 2. The second-order valence-electron chi connectivity index (χ2n) is 11.3. The van der Waals surface area contributed by atoms with Crippen LogP contribution < -0.4 is 4.90 Å². The fourth-order valence-corrected chi connectivity index (χ4v) is 9.38. The van der Waals surface area contributed by atoms with Crippen LogP contribution in [0.1, 0.15) is 0 Å². The van der Waals surface area contributed by atoms with Gasteiger partial charge in [0.05, 0.1) is 0 Å². The van der Waals surface area contributed by atoms with Gasteiger partial charge in [-0.05, 0) is 65.4 Å². The molecule has 0 bridgehead atoms. The van der Waals surface area contributed by atoms with E-state index in [1.807, 2.05) is 34.8 Å². The summed E-state index contributed by atoms with van der Waals surface area (Å²) in [4.78, 5) is 2.34. The van der Waals surface area contributed by atoms with Gasteiger partial charge in [0.25, 0.3) is 0 Å². The van der Waals surface area contributed by atoms with Crippen LogP contribution >= 0.6 is 22.7 Å².